The molecule has 1 aromatic rings. The van der Waals surface area contributed by atoms with Crippen LogP contribution in [-0.2, 0) is 6.42 Å². The minimum atomic E-state index is 0.139. The van der Waals surface area contributed by atoms with E-state index in [1.165, 1.54) is 46.9 Å². The van der Waals surface area contributed by atoms with Crippen molar-refractivity contribution in [1.82, 2.24) is 4.98 Å². The molecule has 2 aliphatic carbocycles. The Morgan fingerprint density at radius 1 is 1.27 bits per heavy atom. The van der Waals surface area contributed by atoms with Crippen LogP contribution >= 0.6 is 23.1 Å². The lowest BCUT2D eigenvalue weighted by molar-refractivity contribution is 0.337. The molecule has 15 heavy (non-hydrogen) atoms. The summed E-state index contributed by atoms with van der Waals surface area (Å²) in [6, 6.07) is 0. The predicted molar refractivity (Wildman–Crippen MR) is 62.6 cm³/mol. The molecule has 2 nitrogen and oxygen atoms in total. The first-order chi connectivity index (χ1) is 7.31. The molecule has 0 aromatic carbocycles. The molecule has 2 saturated carbocycles. The zero-order valence-electron chi connectivity index (χ0n) is 8.36. The Labute approximate surface area is 96.5 Å². The van der Waals surface area contributed by atoms with Crippen molar-refractivity contribution in [3.05, 3.63) is 14.5 Å². The molecular formula is C11H13NOS2. The number of fused-ring (bicyclic) bond motifs is 6. The summed E-state index contributed by atoms with van der Waals surface area (Å²) in [7, 11) is 0. The Morgan fingerprint density at radius 3 is 3.07 bits per heavy atom. The molecule has 2 bridgehead atoms. The molecule has 2 fully saturated rings. The lowest BCUT2D eigenvalue weighted by atomic mass is 9.85. The second kappa shape index (κ2) is 2.92. The van der Waals surface area contributed by atoms with Crippen LogP contribution in [0.1, 0.15) is 24.1 Å². The number of aromatic nitrogens is 1. The lowest BCUT2D eigenvalue weighted by Crippen LogP contribution is -2.29. The van der Waals surface area contributed by atoms with Crippen molar-refractivity contribution in [3.63, 3.8) is 0 Å². The Morgan fingerprint density at radius 2 is 2.13 bits per heavy atom. The maximum absolute atomic E-state index is 11.3. The van der Waals surface area contributed by atoms with Crippen molar-refractivity contribution >= 4 is 23.1 Å². The molecule has 0 amide bonds. The molecule has 0 radical (unpaired) electrons. The van der Waals surface area contributed by atoms with Gasteiger partial charge in [-0.2, -0.15) is 0 Å². The van der Waals surface area contributed by atoms with Crippen LogP contribution in [-0.4, -0.2) is 10.2 Å². The van der Waals surface area contributed by atoms with E-state index >= 15 is 0 Å². The third kappa shape index (κ3) is 1.15. The summed E-state index contributed by atoms with van der Waals surface area (Å²) in [6.07, 6.45) is 5.52. The van der Waals surface area contributed by atoms with E-state index in [9.17, 15) is 4.79 Å². The smallest absolute Gasteiger partial charge is 0.305 e. The van der Waals surface area contributed by atoms with Crippen molar-refractivity contribution in [2.24, 2.45) is 17.8 Å². The number of H-pyrrole nitrogens is 1. The quantitative estimate of drug-likeness (QED) is 0.754. The van der Waals surface area contributed by atoms with Crippen LogP contribution in [0.2, 0.25) is 0 Å². The van der Waals surface area contributed by atoms with Gasteiger partial charge in [-0.05, 0) is 43.4 Å². The topological polar surface area (TPSA) is 32.9 Å². The first kappa shape index (κ1) is 8.88. The van der Waals surface area contributed by atoms with Gasteiger partial charge in [0.05, 0.1) is 5.03 Å². The summed E-state index contributed by atoms with van der Waals surface area (Å²) in [4.78, 5) is 15.8. The molecule has 2 heterocycles. The fourth-order valence-electron chi connectivity index (χ4n) is 3.75. The van der Waals surface area contributed by atoms with Crippen LogP contribution in [0, 0.1) is 17.8 Å². The fourth-order valence-corrected chi connectivity index (χ4v) is 6.45. The maximum atomic E-state index is 11.3. The molecule has 80 valence electrons. The number of aromatic amines is 1. The lowest BCUT2D eigenvalue weighted by Gasteiger charge is -2.33. The predicted octanol–water partition coefficient (Wildman–Crippen LogP) is 2.50. The van der Waals surface area contributed by atoms with Gasteiger partial charge in [0.1, 0.15) is 0 Å². The average molecular weight is 239 g/mol. The first-order valence-corrected chi connectivity index (χ1v) is 7.39. The van der Waals surface area contributed by atoms with Crippen LogP contribution in [0.5, 0.6) is 0 Å². The highest BCUT2D eigenvalue weighted by Gasteiger charge is 2.50. The molecule has 4 atom stereocenters. The fraction of sp³-hybridized carbons (Fsp3) is 0.727. The van der Waals surface area contributed by atoms with Gasteiger partial charge in [0, 0.05) is 10.1 Å². The molecule has 3 aliphatic rings. The van der Waals surface area contributed by atoms with Gasteiger partial charge in [0.15, 0.2) is 0 Å². The monoisotopic (exact) mass is 239 g/mol. The van der Waals surface area contributed by atoms with E-state index in [1.54, 1.807) is 0 Å². The van der Waals surface area contributed by atoms with Gasteiger partial charge in [0.25, 0.3) is 0 Å². The van der Waals surface area contributed by atoms with Crippen LogP contribution < -0.4 is 4.87 Å². The summed E-state index contributed by atoms with van der Waals surface area (Å²) in [5.74, 6) is 2.80. The Hall–Kier alpha value is -0.220. The Bertz CT molecular complexity index is 425. The second-order valence-electron chi connectivity index (χ2n) is 5.05. The molecule has 0 spiro atoms. The minimum absolute atomic E-state index is 0.139. The van der Waals surface area contributed by atoms with Crippen LogP contribution in [0.4, 0.5) is 0 Å². The highest BCUT2D eigenvalue weighted by Crippen LogP contribution is 2.58. The van der Waals surface area contributed by atoms with E-state index in [0.717, 1.165) is 23.0 Å². The van der Waals surface area contributed by atoms with E-state index in [4.69, 9.17) is 0 Å². The number of hydrogen-bond acceptors (Lipinski definition) is 3. The van der Waals surface area contributed by atoms with Gasteiger partial charge in [-0.25, -0.2) is 0 Å². The molecule has 4 rings (SSSR count). The zero-order chi connectivity index (χ0) is 9.99. The Kier molecular flexibility index (Phi) is 1.73. The number of nitrogens with one attached hydrogen (secondary N) is 1. The third-order valence-electron chi connectivity index (χ3n) is 4.37. The van der Waals surface area contributed by atoms with E-state index in [0.29, 0.717) is 0 Å². The number of thiazole rings is 1. The van der Waals surface area contributed by atoms with Crippen molar-refractivity contribution < 1.29 is 0 Å². The van der Waals surface area contributed by atoms with E-state index in [-0.39, 0.29) is 4.87 Å². The van der Waals surface area contributed by atoms with Gasteiger partial charge in [-0.1, -0.05) is 11.3 Å². The molecule has 1 aliphatic heterocycles. The van der Waals surface area contributed by atoms with Crippen molar-refractivity contribution in [2.75, 3.05) is 0 Å². The molecular weight excluding hydrogens is 226 g/mol. The van der Waals surface area contributed by atoms with Gasteiger partial charge in [-0.15, -0.1) is 11.8 Å². The van der Waals surface area contributed by atoms with Gasteiger partial charge >= 0.3 is 4.87 Å². The van der Waals surface area contributed by atoms with Crippen molar-refractivity contribution in [3.8, 4) is 0 Å². The van der Waals surface area contributed by atoms with E-state index in [2.05, 4.69) is 4.98 Å². The molecule has 1 N–H and O–H groups in total. The Balaban J connectivity index is 1.77. The number of rotatable bonds is 0. The maximum Gasteiger partial charge on any atom is 0.305 e. The van der Waals surface area contributed by atoms with Gasteiger partial charge < -0.3 is 4.98 Å². The molecule has 0 saturated heterocycles. The largest absolute Gasteiger partial charge is 0.307 e. The third-order valence-corrected chi connectivity index (χ3v) is 6.99. The average Bonchev–Trinajstić information content (AvgIpc) is 2.85. The van der Waals surface area contributed by atoms with Crippen molar-refractivity contribution in [2.45, 2.75) is 36.0 Å². The standard InChI is InChI=1S/C11H13NOS2/c13-11-12-10-8(14-11)4-7-5-1-2-6(3-5)9(7)15-10/h5-7,9H,1-4H2,(H,12,13)/t5-,6?,7+,9-/m0/s1. The summed E-state index contributed by atoms with van der Waals surface area (Å²) in [5, 5.41) is 2.01. The van der Waals surface area contributed by atoms with Gasteiger partial charge in [-0.3, -0.25) is 4.79 Å². The van der Waals surface area contributed by atoms with E-state index in [1.807, 2.05) is 11.8 Å². The van der Waals surface area contributed by atoms with Crippen LogP contribution in [0.25, 0.3) is 0 Å². The normalized spacial score (nSPS) is 41.6. The number of thioether (sulfide) groups is 1. The summed E-state index contributed by atoms with van der Waals surface area (Å²) in [5.41, 5.74) is 0. The van der Waals surface area contributed by atoms with Crippen LogP contribution in [0.3, 0.4) is 0 Å². The second-order valence-corrected chi connectivity index (χ2v) is 7.31. The highest BCUT2D eigenvalue weighted by molar-refractivity contribution is 8.00. The summed E-state index contributed by atoms with van der Waals surface area (Å²) in [6.45, 7) is 0. The summed E-state index contributed by atoms with van der Waals surface area (Å²) < 4.78 is 0. The van der Waals surface area contributed by atoms with Crippen LogP contribution in [0.15, 0.2) is 9.82 Å². The first-order valence-electron chi connectivity index (χ1n) is 5.70. The highest BCUT2D eigenvalue weighted by atomic mass is 32.2. The minimum Gasteiger partial charge on any atom is -0.307 e. The SMILES string of the molecule is O=c1[nH]c2c(s1)C[C@@H]1[C@H]3CCC(C3)[C@@H]1S2. The van der Waals surface area contributed by atoms with E-state index < -0.39 is 0 Å². The molecule has 1 unspecified atom stereocenters. The molecule has 1 aromatic heterocycles. The number of hydrogen-bond donors (Lipinski definition) is 1. The molecule has 4 heteroatoms. The zero-order valence-corrected chi connectivity index (χ0v) is 10.00. The van der Waals surface area contributed by atoms with Gasteiger partial charge in [0.2, 0.25) is 0 Å². The van der Waals surface area contributed by atoms with Crippen molar-refractivity contribution in [1.29, 1.82) is 0 Å². The summed E-state index contributed by atoms with van der Waals surface area (Å²) >= 11 is 3.40.